The molecule has 1 aliphatic carbocycles. The van der Waals surface area contributed by atoms with Crippen LogP contribution in [0.5, 0.6) is 0 Å². The zero-order valence-corrected chi connectivity index (χ0v) is 15.7. The number of rotatable bonds is 4. The lowest BCUT2D eigenvalue weighted by atomic mass is 10.3. The van der Waals surface area contributed by atoms with E-state index in [1.165, 1.54) is 17.8 Å². The SMILES string of the molecule is CC1CC1c1ccc(CN(C)C(=O)c2cc(Br)c(Br)s2)o1. The summed E-state index contributed by atoms with van der Waals surface area (Å²) in [6.45, 7) is 2.72. The zero-order valence-electron chi connectivity index (χ0n) is 11.7. The lowest BCUT2D eigenvalue weighted by molar-refractivity contribution is 0.0779. The normalized spacial score (nSPS) is 20.6. The van der Waals surface area contributed by atoms with Crippen LogP contribution in [0.2, 0.25) is 0 Å². The average Bonchev–Trinajstić information content (AvgIpc) is 2.84. The van der Waals surface area contributed by atoms with Gasteiger partial charge in [-0.15, -0.1) is 11.3 Å². The maximum Gasteiger partial charge on any atom is 0.264 e. The molecule has 2 aromatic rings. The Morgan fingerprint density at radius 3 is 2.76 bits per heavy atom. The minimum absolute atomic E-state index is 0.00383. The van der Waals surface area contributed by atoms with Gasteiger partial charge in [0.25, 0.3) is 5.91 Å². The summed E-state index contributed by atoms with van der Waals surface area (Å²) in [5.41, 5.74) is 0. The van der Waals surface area contributed by atoms with E-state index in [9.17, 15) is 4.79 Å². The third-order valence-corrected chi connectivity index (χ3v) is 7.00. The molecule has 0 radical (unpaired) electrons. The first-order valence-corrected chi connectivity index (χ1v) is 9.15. The summed E-state index contributed by atoms with van der Waals surface area (Å²) >= 11 is 8.25. The molecular formula is C15H15Br2NO2S. The molecular weight excluding hydrogens is 418 g/mol. The summed E-state index contributed by atoms with van der Waals surface area (Å²) in [6.07, 6.45) is 1.21. The fourth-order valence-electron chi connectivity index (χ4n) is 2.34. The Morgan fingerprint density at radius 2 is 2.19 bits per heavy atom. The van der Waals surface area contributed by atoms with Gasteiger partial charge in [0, 0.05) is 17.4 Å². The van der Waals surface area contributed by atoms with Crippen molar-refractivity contribution in [2.24, 2.45) is 5.92 Å². The van der Waals surface area contributed by atoms with Crippen LogP contribution < -0.4 is 0 Å². The molecule has 1 fully saturated rings. The fourth-order valence-corrected chi connectivity index (χ4v) is 4.37. The fraction of sp³-hybridized carbons (Fsp3) is 0.400. The topological polar surface area (TPSA) is 33.5 Å². The van der Waals surface area contributed by atoms with E-state index in [-0.39, 0.29) is 5.91 Å². The van der Waals surface area contributed by atoms with Crippen molar-refractivity contribution in [1.82, 2.24) is 4.90 Å². The number of thiophene rings is 1. The highest BCUT2D eigenvalue weighted by Gasteiger charge is 2.36. The summed E-state index contributed by atoms with van der Waals surface area (Å²) in [5.74, 6) is 3.20. The minimum atomic E-state index is 0.00383. The molecule has 3 nitrogen and oxygen atoms in total. The molecule has 0 saturated heterocycles. The van der Waals surface area contributed by atoms with Crippen molar-refractivity contribution < 1.29 is 9.21 Å². The highest BCUT2D eigenvalue weighted by atomic mass is 79.9. The number of carbonyl (C=O) groups excluding carboxylic acids is 1. The van der Waals surface area contributed by atoms with E-state index in [0.29, 0.717) is 17.3 Å². The van der Waals surface area contributed by atoms with Gasteiger partial charge < -0.3 is 9.32 Å². The molecule has 112 valence electrons. The predicted octanol–water partition coefficient (Wildman–Crippen LogP) is 5.26. The molecule has 0 aromatic carbocycles. The summed E-state index contributed by atoms with van der Waals surface area (Å²) in [4.78, 5) is 14.8. The van der Waals surface area contributed by atoms with E-state index < -0.39 is 0 Å². The Bertz CT molecular complexity index is 660. The smallest absolute Gasteiger partial charge is 0.264 e. The minimum Gasteiger partial charge on any atom is -0.464 e. The molecule has 0 bridgehead atoms. The first kappa shape index (κ1) is 15.3. The van der Waals surface area contributed by atoms with Gasteiger partial charge in [-0.3, -0.25) is 4.79 Å². The number of carbonyl (C=O) groups is 1. The first-order valence-electron chi connectivity index (χ1n) is 6.74. The van der Waals surface area contributed by atoms with Gasteiger partial charge in [-0.25, -0.2) is 0 Å². The Hall–Kier alpha value is -0.590. The monoisotopic (exact) mass is 431 g/mol. The number of amides is 1. The molecule has 0 N–H and O–H groups in total. The van der Waals surface area contributed by atoms with Crippen LogP contribution >= 0.6 is 43.2 Å². The van der Waals surface area contributed by atoms with Crippen LogP contribution in [0.15, 0.2) is 30.9 Å². The standard InChI is InChI=1S/C15H15Br2NO2S/c1-8-5-10(8)12-4-3-9(20-12)7-18(2)15(19)13-6-11(16)14(17)21-13/h3-4,6,8,10H,5,7H2,1-2H3. The summed E-state index contributed by atoms with van der Waals surface area (Å²) in [7, 11) is 1.80. The molecule has 0 aliphatic heterocycles. The van der Waals surface area contributed by atoms with Gasteiger partial charge in [0.15, 0.2) is 0 Å². The zero-order chi connectivity index (χ0) is 15.1. The van der Waals surface area contributed by atoms with Crippen molar-refractivity contribution in [1.29, 1.82) is 0 Å². The van der Waals surface area contributed by atoms with E-state index in [2.05, 4.69) is 38.8 Å². The van der Waals surface area contributed by atoms with Crippen molar-refractivity contribution >= 4 is 49.1 Å². The van der Waals surface area contributed by atoms with Gasteiger partial charge in [0.1, 0.15) is 11.5 Å². The van der Waals surface area contributed by atoms with Crippen molar-refractivity contribution in [3.63, 3.8) is 0 Å². The average molecular weight is 433 g/mol. The van der Waals surface area contributed by atoms with Crippen LogP contribution in [-0.2, 0) is 6.54 Å². The summed E-state index contributed by atoms with van der Waals surface area (Å²) < 4.78 is 7.70. The molecule has 2 heterocycles. The lowest BCUT2D eigenvalue weighted by Crippen LogP contribution is -2.25. The second-order valence-electron chi connectivity index (χ2n) is 5.52. The van der Waals surface area contributed by atoms with Crippen LogP contribution in [0.25, 0.3) is 0 Å². The molecule has 21 heavy (non-hydrogen) atoms. The van der Waals surface area contributed by atoms with Gasteiger partial charge in [0.2, 0.25) is 0 Å². The number of nitrogens with zero attached hydrogens (tertiary/aromatic N) is 1. The maximum atomic E-state index is 12.4. The van der Waals surface area contributed by atoms with Gasteiger partial charge in [-0.2, -0.15) is 0 Å². The van der Waals surface area contributed by atoms with Crippen molar-refractivity contribution in [3.05, 3.63) is 42.9 Å². The van der Waals surface area contributed by atoms with Crippen molar-refractivity contribution in [2.45, 2.75) is 25.8 Å². The van der Waals surface area contributed by atoms with Gasteiger partial charge in [-0.1, -0.05) is 6.92 Å². The number of hydrogen-bond acceptors (Lipinski definition) is 3. The molecule has 2 atom stereocenters. The second kappa shape index (κ2) is 5.89. The maximum absolute atomic E-state index is 12.4. The highest BCUT2D eigenvalue weighted by Crippen LogP contribution is 2.47. The lowest BCUT2D eigenvalue weighted by Gasteiger charge is -2.14. The third-order valence-electron chi connectivity index (χ3n) is 3.75. The van der Waals surface area contributed by atoms with E-state index >= 15 is 0 Å². The second-order valence-corrected chi connectivity index (χ2v) is 8.74. The van der Waals surface area contributed by atoms with Crippen molar-refractivity contribution in [3.8, 4) is 0 Å². The van der Waals surface area contributed by atoms with Crippen LogP contribution in [0, 0.1) is 5.92 Å². The summed E-state index contributed by atoms with van der Waals surface area (Å²) in [5, 5.41) is 0. The van der Waals surface area contributed by atoms with E-state index in [4.69, 9.17) is 4.42 Å². The molecule has 2 unspecified atom stereocenters. The van der Waals surface area contributed by atoms with Crippen LogP contribution in [0.3, 0.4) is 0 Å². The Kier molecular flexibility index (Phi) is 4.30. The van der Waals surface area contributed by atoms with Gasteiger partial charge >= 0.3 is 0 Å². The Morgan fingerprint density at radius 1 is 1.48 bits per heavy atom. The van der Waals surface area contributed by atoms with E-state index in [0.717, 1.165) is 25.7 Å². The molecule has 1 amide bonds. The van der Waals surface area contributed by atoms with Gasteiger partial charge in [-0.05, 0) is 62.4 Å². The predicted molar refractivity (Wildman–Crippen MR) is 90.7 cm³/mol. The largest absolute Gasteiger partial charge is 0.464 e. The van der Waals surface area contributed by atoms with E-state index in [1.54, 1.807) is 11.9 Å². The highest BCUT2D eigenvalue weighted by molar-refractivity contribution is 9.13. The van der Waals surface area contributed by atoms with Crippen LogP contribution in [0.4, 0.5) is 0 Å². The Labute approximate surface area is 144 Å². The first-order chi connectivity index (χ1) is 9.95. The molecule has 0 spiro atoms. The summed E-state index contributed by atoms with van der Waals surface area (Å²) in [6, 6.07) is 5.86. The van der Waals surface area contributed by atoms with E-state index in [1.807, 2.05) is 18.2 Å². The number of halogens is 2. The third kappa shape index (κ3) is 3.27. The quantitative estimate of drug-likeness (QED) is 0.659. The van der Waals surface area contributed by atoms with Crippen molar-refractivity contribution in [2.75, 3.05) is 7.05 Å². The molecule has 1 aliphatic rings. The number of furan rings is 1. The molecule has 6 heteroatoms. The Balaban J connectivity index is 1.66. The van der Waals surface area contributed by atoms with Crippen LogP contribution in [0.1, 0.15) is 40.5 Å². The molecule has 3 rings (SSSR count). The number of hydrogen-bond donors (Lipinski definition) is 0. The van der Waals surface area contributed by atoms with Crippen LogP contribution in [-0.4, -0.2) is 17.9 Å². The molecule has 2 aromatic heterocycles. The molecule has 1 saturated carbocycles. The van der Waals surface area contributed by atoms with Gasteiger partial charge in [0.05, 0.1) is 15.2 Å².